The van der Waals surface area contributed by atoms with Crippen molar-refractivity contribution in [3.8, 4) is 5.69 Å². The van der Waals surface area contributed by atoms with Crippen molar-refractivity contribution in [2.75, 3.05) is 4.90 Å². The minimum absolute atomic E-state index is 0.393. The third-order valence-electron chi connectivity index (χ3n) is 10.6. The number of anilines is 3. The Kier molecular flexibility index (Phi) is 6.74. The number of rotatable bonds is 5. The standard InChI is InChI=1S/C44H37BN2O2/c1-43(2)44(3,4)49-45(48-43)34-19-26-42-40(29-34)39-15-9-10-16-41(39)47(42)36-24-22-35(23-25-36)46(37-20-17-30-11-5-7-13-32(30)27-37)38-21-18-31-12-6-8-14-33(31)28-38/h5-29H,1-4H3. The van der Waals surface area contributed by atoms with Crippen molar-refractivity contribution in [1.29, 1.82) is 0 Å². The SMILES string of the molecule is CC1(C)OB(c2ccc3c(c2)c2ccccc2n3-c2ccc(N(c3ccc4ccccc4c3)c3ccc4ccccc4c3)cc2)OC1(C)C. The molecule has 0 aliphatic carbocycles. The fraction of sp³-hybridized carbons (Fsp3) is 0.136. The molecule has 9 rings (SSSR count). The molecule has 0 atom stereocenters. The number of para-hydroxylation sites is 1. The lowest BCUT2D eigenvalue weighted by Gasteiger charge is -2.32. The van der Waals surface area contributed by atoms with Crippen LogP contribution in [0, 0.1) is 0 Å². The van der Waals surface area contributed by atoms with E-state index in [1.54, 1.807) is 0 Å². The van der Waals surface area contributed by atoms with Crippen LogP contribution < -0.4 is 10.4 Å². The van der Waals surface area contributed by atoms with E-state index in [0.717, 1.165) is 39.2 Å². The van der Waals surface area contributed by atoms with Gasteiger partial charge in [0.2, 0.25) is 0 Å². The first-order valence-electron chi connectivity index (χ1n) is 17.0. The molecule has 0 unspecified atom stereocenters. The van der Waals surface area contributed by atoms with Crippen molar-refractivity contribution in [2.24, 2.45) is 0 Å². The van der Waals surface area contributed by atoms with Crippen LogP contribution in [0.25, 0.3) is 49.0 Å². The summed E-state index contributed by atoms with van der Waals surface area (Å²) in [5.41, 5.74) is 7.00. The van der Waals surface area contributed by atoms with Gasteiger partial charge in [-0.3, -0.25) is 0 Å². The predicted octanol–water partition coefficient (Wildman–Crippen LogP) is 10.9. The average Bonchev–Trinajstić information content (AvgIpc) is 3.56. The molecule has 0 N–H and O–H groups in total. The van der Waals surface area contributed by atoms with Crippen LogP contribution in [-0.4, -0.2) is 22.9 Å². The summed E-state index contributed by atoms with van der Waals surface area (Å²) in [7, 11) is -0.410. The highest BCUT2D eigenvalue weighted by atomic mass is 16.7. The second-order valence-corrected chi connectivity index (χ2v) is 14.1. The van der Waals surface area contributed by atoms with Gasteiger partial charge in [0.05, 0.1) is 22.2 Å². The molecule has 1 aliphatic rings. The Balaban J connectivity index is 1.15. The van der Waals surface area contributed by atoms with Gasteiger partial charge in [-0.15, -0.1) is 0 Å². The fourth-order valence-electron chi connectivity index (χ4n) is 7.22. The normalized spacial score (nSPS) is 15.5. The maximum atomic E-state index is 6.42. The first-order chi connectivity index (χ1) is 23.8. The quantitative estimate of drug-likeness (QED) is 0.176. The highest BCUT2D eigenvalue weighted by molar-refractivity contribution is 6.62. The predicted molar refractivity (Wildman–Crippen MR) is 206 cm³/mol. The van der Waals surface area contributed by atoms with Crippen LogP contribution in [-0.2, 0) is 9.31 Å². The van der Waals surface area contributed by atoms with Gasteiger partial charge in [0.25, 0.3) is 0 Å². The van der Waals surface area contributed by atoms with Gasteiger partial charge in [-0.1, -0.05) is 91.0 Å². The van der Waals surface area contributed by atoms with Gasteiger partial charge in [0, 0.05) is 33.5 Å². The maximum absolute atomic E-state index is 6.42. The van der Waals surface area contributed by atoms with E-state index < -0.39 is 18.3 Å². The van der Waals surface area contributed by atoms with E-state index in [1.807, 2.05) is 0 Å². The first kappa shape index (κ1) is 29.8. The smallest absolute Gasteiger partial charge is 0.399 e. The fourth-order valence-corrected chi connectivity index (χ4v) is 7.22. The Hall–Kier alpha value is -5.36. The van der Waals surface area contributed by atoms with Crippen molar-refractivity contribution in [3.05, 3.63) is 152 Å². The molecule has 0 radical (unpaired) electrons. The number of hydrogen-bond acceptors (Lipinski definition) is 3. The summed E-state index contributed by atoms with van der Waals surface area (Å²) in [5, 5.41) is 7.27. The first-order valence-corrected chi connectivity index (χ1v) is 17.0. The summed E-state index contributed by atoms with van der Waals surface area (Å²) in [6, 6.07) is 54.7. The van der Waals surface area contributed by atoms with E-state index in [4.69, 9.17) is 9.31 Å². The Labute approximate surface area is 287 Å². The van der Waals surface area contributed by atoms with Gasteiger partial charge in [-0.2, -0.15) is 0 Å². The second-order valence-electron chi connectivity index (χ2n) is 14.1. The van der Waals surface area contributed by atoms with Crippen LogP contribution in [0.1, 0.15) is 27.7 Å². The molecular weight excluding hydrogens is 599 g/mol. The van der Waals surface area contributed by atoms with Gasteiger partial charge in [-0.05, 0) is 115 Å². The molecule has 0 amide bonds. The molecule has 4 nitrogen and oxygen atoms in total. The minimum atomic E-state index is -0.410. The summed E-state index contributed by atoms with van der Waals surface area (Å²) >= 11 is 0. The van der Waals surface area contributed by atoms with E-state index in [2.05, 4.69) is 189 Å². The van der Waals surface area contributed by atoms with E-state index in [9.17, 15) is 0 Å². The molecule has 238 valence electrons. The summed E-state index contributed by atoms with van der Waals surface area (Å²) < 4.78 is 15.2. The van der Waals surface area contributed by atoms with Gasteiger partial charge in [0.15, 0.2) is 0 Å². The largest absolute Gasteiger partial charge is 0.494 e. The molecule has 0 spiro atoms. The molecule has 49 heavy (non-hydrogen) atoms. The molecule has 1 saturated heterocycles. The molecule has 2 heterocycles. The van der Waals surface area contributed by atoms with Gasteiger partial charge in [-0.25, -0.2) is 0 Å². The van der Waals surface area contributed by atoms with Gasteiger partial charge in [0.1, 0.15) is 0 Å². The molecule has 1 aliphatic heterocycles. The summed E-state index contributed by atoms with van der Waals surface area (Å²) in [5.74, 6) is 0. The van der Waals surface area contributed by atoms with E-state index in [1.165, 1.54) is 32.3 Å². The third-order valence-corrected chi connectivity index (χ3v) is 10.6. The number of aromatic nitrogens is 1. The van der Waals surface area contributed by atoms with Crippen molar-refractivity contribution >= 4 is 73.0 Å². The molecule has 5 heteroatoms. The summed E-state index contributed by atoms with van der Waals surface area (Å²) in [6.45, 7) is 8.40. The molecule has 1 aromatic heterocycles. The number of nitrogens with zero attached hydrogens (tertiary/aromatic N) is 2. The molecule has 0 bridgehead atoms. The summed E-state index contributed by atoms with van der Waals surface area (Å²) in [4.78, 5) is 2.35. The van der Waals surface area contributed by atoms with E-state index >= 15 is 0 Å². The molecular formula is C44H37BN2O2. The van der Waals surface area contributed by atoms with Gasteiger partial charge >= 0.3 is 7.12 Å². The van der Waals surface area contributed by atoms with Crippen molar-refractivity contribution < 1.29 is 9.31 Å². The molecule has 1 fully saturated rings. The monoisotopic (exact) mass is 636 g/mol. The van der Waals surface area contributed by atoms with Crippen LogP contribution in [0.3, 0.4) is 0 Å². The Morgan fingerprint density at radius 1 is 0.469 bits per heavy atom. The second kappa shape index (κ2) is 11.1. The number of fused-ring (bicyclic) bond motifs is 5. The topological polar surface area (TPSA) is 26.6 Å². The Morgan fingerprint density at radius 3 is 1.59 bits per heavy atom. The molecule has 0 saturated carbocycles. The van der Waals surface area contributed by atoms with E-state index in [0.29, 0.717) is 0 Å². The summed E-state index contributed by atoms with van der Waals surface area (Å²) in [6.07, 6.45) is 0. The Bertz CT molecular complexity index is 2440. The minimum Gasteiger partial charge on any atom is -0.399 e. The number of benzene rings is 7. The number of hydrogen-bond donors (Lipinski definition) is 0. The van der Waals surface area contributed by atoms with Gasteiger partial charge < -0.3 is 18.8 Å². The van der Waals surface area contributed by atoms with Crippen LogP contribution in [0.5, 0.6) is 0 Å². The lowest BCUT2D eigenvalue weighted by Crippen LogP contribution is -2.41. The van der Waals surface area contributed by atoms with Crippen molar-refractivity contribution in [1.82, 2.24) is 4.57 Å². The maximum Gasteiger partial charge on any atom is 0.494 e. The molecule has 7 aromatic carbocycles. The zero-order valence-corrected chi connectivity index (χ0v) is 28.2. The van der Waals surface area contributed by atoms with Crippen LogP contribution in [0.2, 0.25) is 0 Å². The highest BCUT2D eigenvalue weighted by Crippen LogP contribution is 2.40. The van der Waals surface area contributed by atoms with Crippen LogP contribution in [0.4, 0.5) is 17.1 Å². The van der Waals surface area contributed by atoms with Crippen molar-refractivity contribution in [3.63, 3.8) is 0 Å². The average molecular weight is 637 g/mol. The van der Waals surface area contributed by atoms with Crippen LogP contribution >= 0.6 is 0 Å². The Morgan fingerprint density at radius 2 is 0.980 bits per heavy atom. The van der Waals surface area contributed by atoms with Crippen LogP contribution in [0.15, 0.2) is 152 Å². The highest BCUT2D eigenvalue weighted by Gasteiger charge is 2.51. The zero-order chi connectivity index (χ0) is 33.3. The lowest BCUT2D eigenvalue weighted by molar-refractivity contribution is 0.00578. The third kappa shape index (κ3) is 4.92. The molecule has 8 aromatic rings. The lowest BCUT2D eigenvalue weighted by atomic mass is 9.78. The zero-order valence-electron chi connectivity index (χ0n) is 28.2. The van der Waals surface area contributed by atoms with Crippen molar-refractivity contribution in [2.45, 2.75) is 38.9 Å². The van der Waals surface area contributed by atoms with E-state index in [-0.39, 0.29) is 0 Å².